The zero-order valence-electron chi connectivity index (χ0n) is 35.9. The summed E-state index contributed by atoms with van der Waals surface area (Å²) in [7, 11) is 0. The van der Waals surface area contributed by atoms with E-state index in [4.69, 9.17) is 14.2 Å². The number of rotatable bonds is 38. The Bertz CT molecular complexity index is 1170. The fraction of sp³-hybridized carbons (Fsp3) is 0.620. The van der Waals surface area contributed by atoms with Crippen molar-refractivity contribution in [2.75, 3.05) is 13.2 Å². The summed E-state index contributed by atoms with van der Waals surface area (Å²) in [6.45, 7) is 6.34. The minimum atomic E-state index is -0.803. The second kappa shape index (κ2) is 44.0. The third-order valence-corrected chi connectivity index (χ3v) is 9.02. The van der Waals surface area contributed by atoms with E-state index in [2.05, 4.69) is 45.1 Å². The highest BCUT2D eigenvalue weighted by molar-refractivity contribution is 5.71. The first kappa shape index (κ1) is 52.3. The topological polar surface area (TPSA) is 78.9 Å². The first-order valence-corrected chi connectivity index (χ1v) is 22.3. The smallest absolute Gasteiger partial charge is 0.306 e. The molecule has 1 atom stereocenters. The third-order valence-electron chi connectivity index (χ3n) is 9.02. The molecule has 0 aromatic carbocycles. The van der Waals surface area contributed by atoms with Crippen LogP contribution in [0.1, 0.15) is 181 Å². The molecular weight excluding hydrogens is 697 g/mol. The summed E-state index contributed by atoms with van der Waals surface area (Å²) in [4.78, 5) is 37.6. The van der Waals surface area contributed by atoms with Gasteiger partial charge in [-0.25, -0.2) is 0 Å². The van der Waals surface area contributed by atoms with Crippen LogP contribution in [0.15, 0.2) is 97.2 Å². The van der Waals surface area contributed by atoms with E-state index in [1.165, 1.54) is 70.6 Å². The van der Waals surface area contributed by atoms with Crippen LogP contribution in [0.5, 0.6) is 0 Å². The van der Waals surface area contributed by atoms with Crippen molar-refractivity contribution in [3.63, 3.8) is 0 Å². The van der Waals surface area contributed by atoms with Gasteiger partial charge < -0.3 is 14.2 Å². The van der Waals surface area contributed by atoms with E-state index in [9.17, 15) is 14.4 Å². The van der Waals surface area contributed by atoms with Crippen molar-refractivity contribution in [3.05, 3.63) is 97.2 Å². The Morgan fingerprint density at radius 3 is 1.23 bits per heavy atom. The summed E-state index contributed by atoms with van der Waals surface area (Å²) in [5, 5.41) is 0. The molecule has 0 saturated carbocycles. The van der Waals surface area contributed by atoms with Crippen molar-refractivity contribution in [2.45, 2.75) is 187 Å². The zero-order valence-corrected chi connectivity index (χ0v) is 35.9. The maximum Gasteiger partial charge on any atom is 0.306 e. The number of carbonyl (C=O) groups excluding carboxylic acids is 3. The van der Waals surface area contributed by atoms with Gasteiger partial charge in [-0.05, 0) is 57.8 Å². The third kappa shape index (κ3) is 41.5. The van der Waals surface area contributed by atoms with Crippen molar-refractivity contribution in [3.8, 4) is 0 Å². The van der Waals surface area contributed by atoms with E-state index < -0.39 is 6.10 Å². The van der Waals surface area contributed by atoms with Crippen LogP contribution in [0, 0.1) is 0 Å². The lowest BCUT2D eigenvalue weighted by molar-refractivity contribution is -0.167. The molecule has 1 unspecified atom stereocenters. The number of allylic oxidation sites excluding steroid dienone is 16. The van der Waals surface area contributed by atoms with Crippen molar-refractivity contribution < 1.29 is 28.6 Å². The van der Waals surface area contributed by atoms with E-state index in [0.717, 1.165) is 64.2 Å². The molecule has 0 aliphatic carbocycles. The highest BCUT2D eigenvalue weighted by atomic mass is 16.6. The molecule has 0 amide bonds. The second-order valence-electron chi connectivity index (χ2n) is 14.4. The summed E-state index contributed by atoms with van der Waals surface area (Å²) >= 11 is 0. The molecule has 0 fully saturated rings. The molecule has 316 valence electrons. The molecule has 6 nitrogen and oxygen atoms in total. The van der Waals surface area contributed by atoms with Gasteiger partial charge in [0.1, 0.15) is 13.2 Å². The van der Waals surface area contributed by atoms with Crippen LogP contribution >= 0.6 is 0 Å². The van der Waals surface area contributed by atoms with Crippen molar-refractivity contribution in [1.29, 1.82) is 0 Å². The fourth-order valence-corrected chi connectivity index (χ4v) is 5.66. The van der Waals surface area contributed by atoms with E-state index in [0.29, 0.717) is 25.7 Å². The van der Waals surface area contributed by atoms with Gasteiger partial charge in [0.2, 0.25) is 0 Å². The molecular formula is C50H80O6. The normalized spacial score (nSPS) is 13.0. The van der Waals surface area contributed by atoms with Gasteiger partial charge >= 0.3 is 17.9 Å². The van der Waals surface area contributed by atoms with Crippen LogP contribution in [0.25, 0.3) is 0 Å². The van der Waals surface area contributed by atoms with Crippen LogP contribution in [0.4, 0.5) is 0 Å². The van der Waals surface area contributed by atoms with Gasteiger partial charge in [0, 0.05) is 19.3 Å². The van der Waals surface area contributed by atoms with Gasteiger partial charge in [0.25, 0.3) is 0 Å². The summed E-state index contributed by atoms with van der Waals surface area (Å²) in [6.07, 6.45) is 56.8. The lowest BCUT2D eigenvalue weighted by Gasteiger charge is -2.18. The molecule has 0 spiro atoms. The van der Waals surface area contributed by atoms with E-state index in [1.54, 1.807) is 0 Å². The number of esters is 3. The summed E-state index contributed by atoms with van der Waals surface area (Å²) in [5.41, 5.74) is 0. The van der Waals surface area contributed by atoms with Gasteiger partial charge in [0.05, 0.1) is 0 Å². The minimum Gasteiger partial charge on any atom is -0.462 e. The van der Waals surface area contributed by atoms with E-state index in [-0.39, 0.29) is 31.1 Å². The predicted molar refractivity (Wildman–Crippen MR) is 237 cm³/mol. The lowest BCUT2D eigenvalue weighted by atomic mass is 10.1. The molecule has 0 bridgehead atoms. The monoisotopic (exact) mass is 777 g/mol. The van der Waals surface area contributed by atoms with Gasteiger partial charge in [-0.1, -0.05) is 201 Å². The summed E-state index contributed by atoms with van der Waals surface area (Å²) in [5.74, 6) is -0.998. The number of unbranched alkanes of at least 4 members (excludes halogenated alkanes) is 17. The molecule has 6 heteroatoms. The Morgan fingerprint density at radius 2 is 0.732 bits per heavy atom. The Balaban J connectivity index is 4.48. The molecule has 0 aromatic heterocycles. The van der Waals surface area contributed by atoms with E-state index in [1.807, 2.05) is 72.9 Å². The molecule has 0 aromatic rings. The zero-order chi connectivity index (χ0) is 40.8. The number of ether oxygens (including phenoxy) is 3. The van der Waals surface area contributed by atoms with Crippen LogP contribution in [0.2, 0.25) is 0 Å². The van der Waals surface area contributed by atoms with Crippen LogP contribution in [-0.2, 0) is 28.6 Å². The quantitative estimate of drug-likeness (QED) is 0.0204. The Hall–Kier alpha value is -3.67. The van der Waals surface area contributed by atoms with Gasteiger partial charge in [-0.3, -0.25) is 14.4 Å². The average molecular weight is 777 g/mol. The predicted octanol–water partition coefficient (Wildman–Crippen LogP) is 14.2. The number of carbonyl (C=O) groups is 3. The standard InChI is InChI=1S/C50H80O6/c1-4-7-10-13-16-19-21-22-23-24-25-26-27-28-29-32-34-37-40-43-49(52)55-46-47(45-54-48(51)42-39-36-33-30-18-15-12-9-6-3)56-50(53)44-41-38-35-31-20-17-14-11-8-5-2/h7,10,13,16,19,21-30,33,47H,4-6,8-9,11-12,14-15,17-18,20,31-32,34-46H2,1-3H3/b10-7-,16-13-,21-19-,23-22-,25-24+,27-26-,29-28-,33-30-. The molecule has 0 saturated heterocycles. The maximum atomic E-state index is 12.7. The molecule has 0 aliphatic heterocycles. The first-order chi connectivity index (χ1) is 27.5. The lowest BCUT2D eigenvalue weighted by Crippen LogP contribution is -2.30. The van der Waals surface area contributed by atoms with Crippen molar-refractivity contribution in [1.82, 2.24) is 0 Å². The van der Waals surface area contributed by atoms with Crippen LogP contribution in [-0.4, -0.2) is 37.2 Å². The van der Waals surface area contributed by atoms with Crippen LogP contribution < -0.4 is 0 Å². The summed E-state index contributed by atoms with van der Waals surface area (Å²) in [6, 6.07) is 0. The average Bonchev–Trinajstić information content (AvgIpc) is 3.19. The molecule has 0 heterocycles. The molecule has 56 heavy (non-hydrogen) atoms. The fourth-order valence-electron chi connectivity index (χ4n) is 5.66. The van der Waals surface area contributed by atoms with Crippen LogP contribution in [0.3, 0.4) is 0 Å². The van der Waals surface area contributed by atoms with Gasteiger partial charge in [0.15, 0.2) is 6.10 Å². The second-order valence-corrected chi connectivity index (χ2v) is 14.4. The van der Waals surface area contributed by atoms with Crippen molar-refractivity contribution in [2.24, 2.45) is 0 Å². The largest absolute Gasteiger partial charge is 0.462 e. The molecule has 0 N–H and O–H groups in total. The van der Waals surface area contributed by atoms with E-state index >= 15 is 0 Å². The SMILES string of the molecule is CC\C=C/C=C\C=C/C=C\C=C\C=C/C=C\CCCCCC(=O)OCC(COC(=O)CCC/C=C\CCCCCC)OC(=O)CCCCCCCCCCCC. The maximum absolute atomic E-state index is 12.7. The molecule has 0 radical (unpaired) electrons. The minimum absolute atomic E-state index is 0.108. The highest BCUT2D eigenvalue weighted by Gasteiger charge is 2.19. The highest BCUT2D eigenvalue weighted by Crippen LogP contribution is 2.13. The van der Waals surface area contributed by atoms with Crippen molar-refractivity contribution >= 4 is 17.9 Å². The first-order valence-electron chi connectivity index (χ1n) is 22.3. The molecule has 0 aliphatic rings. The Labute approximate surface area is 343 Å². The Kier molecular flexibility index (Phi) is 41.2. The van der Waals surface area contributed by atoms with Gasteiger partial charge in [-0.2, -0.15) is 0 Å². The number of hydrogen-bond acceptors (Lipinski definition) is 6. The number of hydrogen-bond donors (Lipinski definition) is 0. The van der Waals surface area contributed by atoms with Gasteiger partial charge in [-0.15, -0.1) is 0 Å². The molecule has 0 rings (SSSR count). The summed E-state index contributed by atoms with van der Waals surface area (Å²) < 4.78 is 16.6. The Morgan fingerprint density at radius 1 is 0.375 bits per heavy atom.